The summed E-state index contributed by atoms with van der Waals surface area (Å²) in [4.78, 5) is -0.158. The summed E-state index contributed by atoms with van der Waals surface area (Å²) < 4.78 is 37.3. The molecule has 2 aromatic rings. The van der Waals surface area contributed by atoms with E-state index in [4.69, 9.17) is 14.4 Å². The van der Waals surface area contributed by atoms with Gasteiger partial charge in [-0.1, -0.05) is 12.1 Å². The van der Waals surface area contributed by atoms with Gasteiger partial charge in [-0.3, -0.25) is 4.31 Å². The Labute approximate surface area is 129 Å². The maximum Gasteiger partial charge on any atom is 0.269 e. The molecule has 7 heteroatoms. The van der Waals surface area contributed by atoms with Crippen LogP contribution in [-0.4, -0.2) is 21.6 Å². The van der Waals surface area contributed by atoms with E-state index in [1.165, 1.54) is 23.7 Å². The third kappa shape index (κ3) is 2.65. The lowest BCUT2D eigenvalue weighted by Gasteiger charge is -2.29. The highest BCUT2D eigenvalue weighted by Crippen LogP contribution is 2.34. The van der Waals surface area contributed by atoms with E-state index in [0.717, 1.165) is 0 Å². The Morgan fingerprint density at radius 2 is 1.95 bits per heavy atom. The summed E-state index contributed by atoms with van der Waals surface area (Å²) in [6.07, 6.45) is 1.19. The molecule has 0 aliphatic rings. The fourth-order valence-electron chi connectivity index (χ4n) is 2.19. The van der Waals surface area contributed by atoms with Crippen LogP contribution in [0.5, 0.6) is 5.75 Å². The summed E-state index contributed by atoms with van der Waals surface area (Å²) in [7, 11) is -2.47. The molecule has 0 saturated heterocycles. The van der Waals surface area contributed by atoms with Gasteiger partial charge in [0.2, 0.25) is 5.76 Å². The first kappa shape index (κ1) is 15.9. The van der Waals surface area contributed by atoms with Crippen molar-refractivity contribution >= 4 is 15.7 Å². The van der Waals surface area contributed by atoms with E-state index in [1.807, 2.05) is 0 Å². The number of benzene rings is 1. The number of ether oxygens (including phenoxy) is 1. The van der Waals surface area contributed by atoms with E-state index in [2.05, 4.69) is 0 Å². The second-order valence-corrected chi connectivity index (χ2v) is 6.58. The fraction of sp³-hybridized carbons (Fsp3) is 0.267. The van der Waals surface area contributed by atoms with Crippen LogP contribution >= 0.6 is 0 Å². The molecular formula is C15H16N2O4S. The molecule has 116 valence electrons. The van der Waals surface area contributed by atoms with Gasteiger partial charge in [0.05, 0.1) is 19.1 Å². The first-order valence-electron chi connectivity index (χ1n) is 6.58. The van der Waals surface area contributed by atoms with Gasteiger partial charge in [0.25, 0.3) is 10.0 Å². The number of nitriles is 1. The Bertz CT molecular complexity index is 803. The SMILES string of the molecule is COc1ccccc1N(C(C)C)S(=O)(=O)c1ccoc1C#N. The van der Waals surface area contributed by atoms with Gasteiger partial charge in [0, 0.05) is 6.04 Å². The lowest BCUT2D eigenvalue weighted by molar-refractivity contribution is 0.414. The van der Waals surface area contributed by atoms with Crippen molar-refractivity contribution in [1.29, 1.82) is 5.26 Å². The number of rotatable bonds is 5. The number of methoxy groups -OCH3 is 1. The minimum absolute atomic E-state index is 0.158. The summed E-state index contributed by atoms with van der Waals surface area (Å²) in [5.74, 6) is 0.197. The van der Waals surface area contributed by atoms with Crippen LogP contribution in [0.15, 0.2) is 45.9 Å². The van der Waals surface area contributed by atoms with Crippen LogP contribution in [0, 0.1) is 11.3 Å². The number of nitrogens with zero attached hydrogens (tertiary/aromatic N) is 2. The van der Waals surface area contributed by atoms with E-state index in [-0.39, 0.29) is 16.7 Å². The molecule has 2 rings (SSSR count). The Kier molecular flexibility index (Phi) is 4.43. The summed E-state index contributed by atoms with van der Waals surface area (Å²) in [6.45, 7) is 3.49. The summed E-state index contributed by atoms with van der Waals surface area (Å²) >= 11 is 0. The molecule has 0 unspecified atom stereocenters. The maximum absolute atomic E-state index is 12.9. The molecule has 0 saturated carbocycles. The van der Waals surface area contributed by atoms with Crippen molar-refractivity contribution in [2.24, 2.45) is 0 Å². The Hall–Kier alpha value is -2.46. The number of hydrogen-bond donors (Lipinski definition) is 0. The number of furan rings is 1. The molecule has 0 amide bonds. The summed E-state index contributed by atoms with van der Waals surface area (Å²) in [5, 5.41) is 9.01. The molecule has 0 aliphatic carbocycles. The quantitative estimate of drug-likeness (QED) is 0.846. The van der Waals surface area contributed by atoms with Gasteiger partial charge in [-0.25, -0.2) is 8.42 Å². The van der Waals surface area contributed by atoms with Gasteiger partial charge in [-0.15, -0.1) is 0 Å². The van der Waals surface area contributed by atoms with Crippen LogP contribution in [0.4, 0.5) is 5.69 Å². The zero-order valence-corrected chi connectivity index (χ0v) is 13.3. The molecule has 1 aromatic heterocycles. The average molecular weight is 320 g/mol. The Morgan fingerprint density at radius 1 is 1.27 bits per heavy atom. The second kappa shape index (κ2) is 6.12. The lowest BCUT2D eigenvalue weighted by Crippen LogP contribution is -2.37. The topological polar surface area (TPSA) is 83.5 Å². The second-order valence-electron chi connectivity index (χ2n) is 4.79. The average Bonchev–Trinajstić information content (AvgIpc) is 2.96. The fourth-order valence-corrected chi connectivity index (χ4v) is 3.92. The van der Waals surface area contributed by atoms with E-state index in [9.17, 15) is 8.42 Å². The first-order valence-corrected chi connectivity index (χ1v) is 8.02. The summed E-state index contributed by atoms with van der Waals surface area (Å²) in [5.41, 5.74) is 0.407. The molecule has 22 heavy (non-hydrogen) atoms. The zero-order valence-electron chi connectivity index (χ0n) is 12.5. The van der Waals surface area contributed by atoms with E-state index >= 15 is 0 Å². The van der Waals surface area contributed by atoms with Crippen molar-refractivity contribution in [3.8, 4) is 11.8 Å². The van der Waals surface area contributed by atoms with Gasteiger partial charge in [-0.2, -0.15) is 5.26 Å². The Morgan fingerprint density at radius 3 is 2.55 bits per heavy atom. The van der Waals surface area contributed by atoms with Gasteiger partial charge >= 0.3 is 0 Å². The highest BCUT2D eigenvalue weighted by Gasteiger charge is 2.32. The summed E-state index contributed by atoms with van der Waals surface area (Å²) in [6, 6.07) is 9.47. The molecule has 0 aliphatic heterocycles. The van der Waals surface area contributed by atoms with Gasteiger partial charge in [-0.05, 0) is 32.0 Å². The molecule has 0 radical (unpaired) electrons. The molecule has 0 N–H and O–H groups in total. The van der Waals surface area contributed by atoms with Crippen molar-refractivity contribution < 1.29 is 17.6 Å². The van der Waals surface area contributed by atoms with Crippen molar-refractivity contribution in [1.82, 2.24) is 0 Å². The smallest absolute Gasteiger partial charge is 0.269 e. The minimum atomic E-state index is -3.95. The highest BCUT2D eigenvalue weighted by atomic mass is 32.2. The van der Waals surface area contributed by atoms with Crippen molar-refractivity contribution in [2.75, 3.05) is 11.4 Å². The number of anilines is 1. The monoisotopic (exact) mass is 320 g/mol. The lowest BCUT2D eigenvalue weighted by atomic mass is 10.2. The van der Waals surface area contributed by atoms with Crippen molar-refractivity contribution in [2.45, 2.75) is 24.8 Å². The normalized spacial score (nSPS) is 11.2. The number of hydrogen-bond acceptors (Lipinski definition) is 5. The van der Waals surface area contributed by atoms with Crippen LogP contribution < -0.4 is 9.04 Å². The molecule has 1 aromatic carbocycles. The van der Waals surface area contributed by atoms with Crippen molar-refractivity contribution in [3.05, 3.63) is 42.4 Å². The molecular weight excluding hydrogens is 304 g/mol. The third-order valence-corrected chi connectivity index (χ3v) is 5.07. The van der Waals surface area contributed by atoms with Crippen LogP contribution in [0.1, 0.15) is 19.6 Å². The van der Waals surface area contributed by atoms with Crippen LogP contribution in [0.3, 0.4) is 0 Å². The van der Waals surface area contributed by atoms with Crippen LogP contribution in [0.2, 0.25) is 0 Å². The largest absolute Gasteiger partial charge is 0.495 e. The van der Waals surface area contributed by atoms with Crippen LogP contribution in [0.25, 0.3) is 0 Å². The first-order chi connectivity index (χ1) is 10.4. The predicted octanol–water partition coefficient (Wildman–Crippen LogP) is 2.76. The van der Waals surface area contributed by atoms with E-state index < -0.39 is 10.0 Å². The minimum Gasteiger partial charge on any atom is -0.495 e. The molecule has 0 bridgehead atoms. The number of sulfonamides is 1. The van der Waals surface area contributed by atoms with Gasteiger partial charge in [0.15, 0.2) is 0 Å². The maximum atomic E-state index is 12.9. The van der Waals surface area contributed by atoms with Crippen molar-refractivity contribution in [3.63, 3.8) is 0 Å². The molecule has 1 heterocycles. The molecule has 0 spiro atoms. The van der Waals surface area contributed by atoms with Gasteiger partial charge < -0.3 is 9.15 Å². The number of para-hydroxylation sites is 2. The molecule has 6 nitrogen and oxygen atoms in total. The Balaban J connectivity index is 2.65. The highest BCUT2D eigenvalue weighted by molar-refractivity contribution is 7.93. The molecule has 0 atom stereocenters. The molecule has 0 fully saturated rings. The van der Waals surface area contributed by atoms with Gasteiger partial charge in [0.1, 0.15) is 16.7 Å². The van der Waals surface area contributed by atoms with E-state index in [1.54, 1.807) is 44.2 Å². The predicted molar refractivity (Wildman–Crippen MR) is 81.2 cm³/mol. The van der Waals surface area contributed by atoms with Crippen LogP contribution in [-0.2, 0) is 10.0 Å². The van der Waals surface area contributed by atoms with E-state index in [0.29, 0.717) is 11.4 Å². The third-order valence-electron chi connectivity index (χ3n) is 3.06. The standard InChI is InChI=1S/C15H16N2O4S/c1-11(2)17(12-6-4-5-7-13(12)20-3)22(18,19)15-8-9-21-14(15)10-16/h4-9,11H,1-3H3. The zero-order chi connectivity index (χ0) is 16.3.